The molecule has 0 radical (unpaired) electrons. The SMILES string of the molecule is CC(=O)NCc1ccc(C(=O)NOCc2ccccc2)cc1. The van der Waals surface area contributed by atoms with Crippen molar-refractivity contribution in [3.05, 3.63) is 71.3 Å². The van der Waals surface area contributed by atoms with Crippen molar-refractivity contribution in [3.8, 4) is 0 Å². The number of hydrogen-bond acceptors (Lipinski definition) is 3. The van der Waals surface area contributed by atoms with Crippen molar-refractivity contribution in [1.82, 2.24) is 10.8 Å². The van der Waals surface area contributed by atoms with E-state index in [1.807, 2.05) is 30.3 Å². The Morgan fingerprint density at radius 2 is 1.64 bits per heavy atom. The molecule has 22 heavy (non-hydrogen) atoms. The molecule has 2 N–H and O–H groups in total. The van der Waals surface area contributed by atoms with Gasteiger partial charge in [0.05, 0.1) is 6.61 Å². The van der Waals surface area contributed by atoms with Crippen LogP contribution in [-0.4, -0.2) is 11.8 Å². The molecule has 5 nitrogen and oxygen atoms in total. The Hall–Kier alpha value is -2.66. The second-order valence-corrected chi connectivity index (χ2v) is 4.81. The average molecular weight is 298 g/mol. The summed E-state index contributed by atoms with van der Waals surface area (Å²) in [5, 5.41) is 2.70. The van der Waals surface area contributed by atoms with E-state index in [2.05, 4.69) is 10.8 Å². The lowest BCUT2D eigenvalue weighted by Gasteiger charge is -2.07. The first-order valence-electron chi connectivity index (χ1n) is 6.94. The van der Waals surface area contributed by atoms with Crippen molar-refractivity contribution < 1.29 is 14.4 Å². The van der Waals surface area contributed by atoms with E-state index in [0.717, 1.165) is 11.1 Å². The smallest absolute Gasteiger partial charge is 0.274 e. The van der Waals surface area contributed by atoms with Crippen LogP contribution in [0.3, 0.4) is 0 Å². The average Bonchev–Trinajstić information content (AvgIpc) is 2.54. The summed E-state index contributed by atoms with van der Waals surface area (Å²) in [4.78, 5) is 27.9. The third-order valence-corrected chi connectivity index (χ3v) is 3.00. The standard InChI is InChI=1S/C17H18N2O3/c1-13(20)18-11-14-7-9-16(10-8-14)17(21)19-22-12-15-5-3-2-4-6-15/h2-10H,11-12H2,1H3,(H,18,20)(H,19,21). The van der Waals surface area contributed by atoms with Crippen LogP contribution in [0, 0.1) is 0 Å². The lowest BCUT2D eigenvalue weighted by molar-refractivity contribution is -0.119. The van der Waals surface area contributed by atoms with Gasteiger partial charge in [0.2, 0.25) is 5.91 Å². The molecule has 0 aliphatic carbocycles. The molecule has 0 aliphatic heterocycles. The summed E-state index contributed by atoms with van der Waals surface area (Å²) in [7, 11) is 0. The Balaban J connectivity index is 1.81. The minimum absolute atomic E-state index is 0.0869. The molecule has 2 amide bonds. The number of rotatable bonds is 6. The van der Waals surface area contributed by atoms with E-state index >= 15 is 0 Å². The van der Waals surface area contributed by atoms with Crippen LogP contribution in [0.25, 0.3) is 0 Å². The molecule has 0 aromatic heterocycles. The Kier molecular flexibility index (Phi) is 5.68. The van der Waals surface area contributed by atoms with Crippen LogP contribution < -0.4 is 10.8 Å². The van der Waals surface area contributed by atoms with Crippen molar-refractivity contribution in [3.63, 3.8) is 0 Å². The number of carbonyl (C=O) groups is 2. The molecule has 0 heterocycles. The van der Waals surface area contributed by atoms with Gasteiger partial charge in [-0.05, 0) is 23.3 Å². The first kappa shape index (κ1) is 15.7. The topological polar surface area (TPSA) is 67.4 Å². The van der Waals surface area contributed by atoms with Gasteiger partial charge < -0.3 is 5.32 Å². The zero-order valence-electron chi connectivity index (χ0n) is 12.3. The molecular weight excluding hydrogens is 280 g/mol. The summed E-state index contributed by atoms with van der Waals surface area (Å²) in [6, 6.07) is 16.6. The van der Waals surface area contributed by atoms with Gasteiger partial charge in [0.1, 0.15) is 0 Å². The van der Waals surface area contributed by atoms with E-state index in [0.29, 0.717) is 18.7 Å². The number of nitrogens with one attached hydrogen (secondary N) is 2. The summed E-state index contributed by atoms with van der Waals surface area (Å²) in [5.74, 6) is -0.391. The normalized spacial score (nSPS) is 10.0. The summed E-state index contributed by atoms with van der Waals surface area (Å²) < 4.78 is 0. The Bertz CT molecular complexity index is 624. The Labute approximate surface area is 129 Å². The maximum atomic E-state index is 11.9. The molecule has 5 heteroatoms. The number of hydrogen-bond donors (Lipinski definition) is 2. The highest BCUT2D eigenvalue weighted by molar-refractivity contribution is 5.93. The molecule has 2 aromatic rings. The van der Waals surface area contributed by atoms with Crippen LogP contribution in [0.2, 0.25) is 0 Å². The van der Waals surface area contributed by atoms with Crippen LogP contribution in [-0.2, 0) is 22.8 Å². The third kappa shape index (κ3) is 5.03. The molecule has 0 unspecified atom stereocenters. The summed E-state index contributed by atoms with van der Waals surface area (Å²) in [5.41, 5.74) is 4.82. The van der Waals surface area contributed by atoms with Gasteiger partial charge in [-0.3, -0.25) is 14.4 Å². The zero-order valence-corrected chi connectivity index (χ0v) is 12.3. The van der Waals surface area contributed by atoms with Crippen LogP contribution in [0.4, 0.5) is 0 Å². The van der Waals surface area contributed by atoms with Gasteiger partial charge >= 0.3 is 0 Å². The fraction of sp³-hybridized carbons (Fsp3) is 0.176. The highest BCUT2D eigenvalue weighted by Gasteiger charge is 2.05. The fourth-order valence-electron chi connectivity index (χ4n) is 1.82. The lowest BCUT2D eigenvalue weighted by atomic mass is 10.1. The summed E-state index contributed by atoms with van der Waals surface area (Å²) in [6.07, 6.45) is 0. The van der Waals surface area contributed by atoms with Gasteiger partial charge in [-0.25, -0.2) is 5.48 Å². The van der Waals surface area contributed by atoms with E-state index in [9.17, 15) is 9.59 Å². The van der Waals surface area contributed by atoms with Crippen molar-refractivity contribution in [2.45, 2.75) is 20.1 Å². The predicted molar refractivity (Wildman–Crippen MR) is 82.7 cm³/mol. The van der Waals surface area contributed by atoms with Crippen LogP contribution >= 0.6 is 0 Å². The molecule has 2 aromatic carbocycles. The van der Waals surface area contributed by atoms with Gasteiger partial charge in [-0.15, -0.1) is 0 Å². The van der Waals surface area contributed by atoms with Crippen molar-refractivity contribution in [2.24, 2.45) is 0 Å². The minimum Gasteiger partial charge on any atom is -0.352 e. The van der Waals surface area contributed by atoms with Crippen LogP contribution in [0.15, 0.2) is 54.6 Å². The van der Waals surface area contributed by atoms with Crippen molar-refractivity contribution >= 4 is 11.8 Å². The van der Waals surface area contributed by atoms with Crippen molar-refractivity contribution in [2.75, 3.05) is 0 Å². The van der Waals surface area contributed by atoms with Crippen LogP contribution in [0.5, 0.6) is 0 Å². The quantitative estimate of drug-likeness (QED) is 0.803. The molecule has 0 fully saturated rings. The number of amides is 2. The van der Waals surface area contributed by atoms with E-state index < -0.39 is 0 Å². The van der Waals surface area contributed by atoms with Crippen LogP contribution in [0.1, 0.15) is 28.4 Å². The van der Waals surface area contributed by atoms with Gasteiger partial charge in [-0.2, -0.15) is 0 Å². The first-order valence-corrected chi connectivity index (χ1v) is 6.94. The van der Waals surface area contributed by atoms with Gasteiger partial charge in [0, 0.05) is 19.0 Å². The molecule has 0 spiro atoms. The highest BCUT2D eigenvalue weighted by atomic mass is 16.6. The molecule has 2 rings (SSSR count). The van der Waals surface area contributed by atoms with Crippen molar-refractivity contribution in [1.29, 1.82) is 0 Å². The van der Waals surface area contributed by atoms with Gasteiger partial charge in [0.15, 0.2) is 0 Å². The van der Waals surface area contributed by atoms with Gasteiger partial charge in [-0.1, -0.05) is 42.5 Å². The van der Waals surface area contributed by atoms with E-state index in [1.165, 1.54) is 6.92 Å². The third-order valence-electron chi connectivity index (χ3n) is 3.00. The molecule has 0 aliphatic rings. The molecule has 0 atom stereocenters. The maximum Gasteiger partial charge on any atom is 0.274 e. The Morgan fingerprint density at radius 1 is 0.955 bits per heavy atom. The number of carbonyl (C=O) groups excluding carboxylic acids is 2. The second-order valence-electron chi connectivity index (χ2n) is 4.81. The monoisotopic (exact) mass is 298 g/mol. The van der Waals surface area contributed by atoms with Gasteiger partial charge in [0.25, 0.3) is 5.91 Å². The molecule has 114 valence electrons. The van der Waals surface area contributed by atoms with E-state index in [-0.39, 0.29) is 11.8 Å². The summed E-state index contributed by atoms with van der Waals surface area (Å²) in [6.45, 7) is 2.22. The van der Waals surface area contributed by atoms with E-state index in [1.54, 1.807) is 24.3 Å². The highest BCUT2D eigenvalue weighted by Crippen LogP contribution is 2.05. The number of hydroxylamine groups is 1. The van der Waals surface area contributed by atoms with E-state index in [4.69, 9.17) is 4.84 Å². The molecule has 0 saturated heterocycles. The first-order chi connectivity index (χ1) is 10.6. The zero-order chi connectivity index (χ0) is 15.8. The predicted octanol–water partition coefficient (Wildman–Crippen LogP) is 2.18. The number of benzene rings is 2. The second kappa shape index (κ2) is 7.95. The molecule has 0 bridgehead atoms. The minimum atomic E-state index is -0.304. The fourth-order valence-corrected chi connectivity index (χ4v) is 1.82. The summed E-state index contributed by atoms with van der Waals surface area (Å²) >= 11 is 0. The Morgan fingerprint density at radius 3 is 2.27 bits per heavy atom. The largest absolute Gasteiger partial charge is 0.352 e. The molecular formula is C17H18N2O3. The lowest BCUT2D eigenvalue weighted by Crippen LogP contribution is -2.23. The maximum absolute atomic E-state index is 11.9. The molecule has 0 saturated carbocycles.